The number of aromatic nitrogens is 1. The highest BCUT2D eigenvalue weighted by molar-refractivity contribution is 7.73. The van der Waals surface area contributed by atoms with Crippen LogP contribution >= 0.6 is 0 Å². The highest BCUT2D eigenvalue weighted by atomic mass is 32.2. The lowest BCUT2D eigenvalue weighted by Gasteiger charge is -2.34. The Hall–Kier alpha value is -3.01. The van der Waals surface area contributed by atoms with Gasteiger partial charge in [0.1, 0.15) is 11.5 Å². The standard InChI is InChI=1S/C18H19FN4O4S/c1-12-10-13(2-3-15(12)21-28(26)27)17(24)22-6-8-23(9-7-22)18(25)16-11-14(19)4-5-20-16/h2-5,10-11,28H,6-9H2,1H3,(H,21,26,27). The molecule has 2 aromatic rings. The van der Waals surface area contributed by atoms with Crippen LogP contribution in [0.2, 0.25) is 0 Å². The summed E-state index contributed by atoms with van der Waals surface area (Å²) in [4.78, 5) is 32.2. The first-order valence-electron chi connectivity index (χ1n) is 8.57. The normalized spacial score (nSPS) is 14.2. The second-order valence-corrected chi connectivity index (χ2v) is 7.08. The van der Waals surface area contributed by atoms with Gasteiger partial charge in [-0.3, -0.25) is 19.3 Å². The average molecular weight is 406 g/mol. The number of nitrogens with one attached hydrogen (secondary N) is 1. The van der Waals surface area contributed by atoms with E-state index in [1.165, 1.54) is 17.2 Å². The number of hydrogen-bond acceptors (Lipinski definition) is 5. The summed E-state index contributed by atoms with van der Waals surface area (Å²) in [6.07, 6.45) is 1.24. The Labute approximate surface area is 163 Å². The molecule has 1 aliphatic rings. The van der Waals surface area contributed by atoms with Crippen LogP contribution in [-0.2, 0) is 10.9 Å². The zero-order chi connectivity index (χ0) is 20.3. The number of carbonyl (C=O) groups excluding carboxylic acids is 2. The summed E-state index contributed by atoms with van der Waals surface area (Å²) < 4.78 is 37.2. The molecule has 28 heavy (non-hydrogen) atoms. The van der Waals surface area contributed by atoms with Gasteiger partial charge in [0.05, 0.1) is 5.69 Å². The molecule has 1 aromatic carbocycles. The van der Waals surface area contributed by atoms with Crippen molar-refractivity contribution in [1.82, 2.24) is 14.8 Å². The Kier molecular flexibility index (Phi) is 5.88. The molecule has 0 spiro atoms. The zero-order valence-electron chi connectivity index (χ0n) is 15.1. The number of aryl methyl sites for hydroxylation is 1. The predicted octanol–water partition coefficient (Wildman–Crippen LogP) is 1.07. The third kappa shape index (κ3) is 4.45. The molecule has 1 aliphatic heterocycles. The maximum atomic E-state index is 13.3. The number of piperazine rings is 1. The number of carbonyl (C=O) groups is 2. The number of amides is 2. The molecule has 148 valence electrons. The Bertz CT molecular complexity index is 979. The topological polar surface area (TPSA) is 99.7 Å². The summed E-state index contributed by atoms with van der Waals surface area (Å²) in [6.45, 7) is 3.02. The maximum Gasteiger partial charge on any atom is 0.272 e. The summed E-state index contributed by atoms with van der Waals surface area (Å²) in [5.74, 6) is -1.09. The van der Waals surface area contributed by atoms with E-state index in [0.29, 0.717) is 43.0 Å². The maximum absolute atomic E-state index is 13.3. The molecular weight excluding hydrogens is 387 g/mol. The van der Waals surface area contributed by atoms with Gasteiger partial charge in [-0.15, -0.1) is 0 Å². The summed E-state index contributed by atoms with van der Waals surface area (Å²) in [5, 5.41) is 0. The molecule has 0 bridgehead atoms. The van der Waals surface area contributed by atoms with Gasteiger partial charge in [0, 0.05) is 44.0 Å². The predicted molar refractivity (Wildman–Crippen MR) is 101 cm³/mol. The monoisotopic (exact) mass is 406 g/mol. The molecule has 1 fully saturated rings. The van der Waals surface area contributed by atoms with E-state index in [1.807, 2.05) is 0 Å². The van der Waals surface area contributed by atoms with Crippen molar-refractivity contribution in [2.24, 2.45) is 0 Å². The number of anilines is 1. The lowest BCUT2D eigenvalue weighted by Crippen LogP contribution is -2.50. The summed E-state index contributed by atoms with van der Waals surface area (Å²) in [6, 6.07) is 6.99. The van der Waals surface area contributed by atoms with Crippen molar-refractivity contribution < 1.29 is 22.4 Å². The van der Waals surface area contributed by atoms with Gasteiger partial charge >= 0.3 is 0 Å². The molecule has 0 aliphatic carbocycles. The average Bonchev–Trinajstić information content (AvgIpc) is 2.68. The molecule has 2 amide bonds. The van der Waals surface area contributed by atoms with E-state index in [4.69, 9.17) is 0 Å². The highest BCUT2D eigenvalue weighted by Gasteiger charge is 2.26. The summed E-state index contributed by atoms with van der Waals surface area (Å²) in [7, 11) is -2.77. The van der Waals surface area contributed by atoms with Crippen LogP contribution in [0.4, 0.5) is 10.1 Å². The first kappa shape index (κ1) is 19.7. The summed E-state index contributed by atoms with van der Waals surface area (Å²) >= 11 is 0. The number of halogens is 1. The van der Waals surface area contributed by atoms with E-state index in [9.17, 15) is 22.4 Å². The molecule has 0 atom stereocenters. The second-order valence-electron chi connectivity index (χ2n) is 6.34. The number of pyridine rings is 1. The van der Waals surface area contributed by atoms with E-state index in [0.717, 1.165) is 6.07 Å². The SMILES string of the molecule is Cc1cc(C(=O)N2CCN(C(=O)c3cc(F)ccn3)CC2)ccc1N[SH](=O)=O. The zero-order valence-corrected chi connectivity index (χ0v) is 16.0. The van der Waals surface area contributed by atoms with Crippen molar-refractivity contribution in [3.05, 3.63) is 59.2 Å². The van der Waals surface area contributed by atoms with Crippen LogP contribution < -0.4 is 4.72 Å². The first-order valence-corrected chi connectivity index (χ1v) is 9.74. The van der Waals surface area contributed by atoms with Crippen LogP contribution in [0.15, 0.2) is 36.5 Å². The molecule has 2 heterocycles. The smallest absolute Gasteiger partial charge is 0.272 e. The molecule has 0 saturated carbocycles. The molecule has 8 nitrogen and oxygen atoms in total. The Balaban J connectivity index is 1.63. The van der Waals surface area contributed by atoms with E-state index in [2.05, 4.69) is 9.71 Å². The van der Waals surface area contributed by atoms with E-state index >= 15 is 0 Å². The van der Waals surface area contributed by atoms with Crippen molar-refractivity contribution in [1.29, 1.82) is 0 Å². The van der Waals surface area contributed by atoms with Gasteiger partial charge in [0.25, 0.3) is 11.8 Å². The van der Waals surface area contributed by atoms with Gasteiger partial charge in [-0.2, -0.15) is 0 Å². The molecule has 1 N–H and O–H groups in total. The van der Waals surface area contributed by atoms with Crippen LogP contribution in [0.3, 0.4) is 0 Å². The molecule has 0 radical (unpaired) electrons. The molecule has 0 unspecified atom stereocenters. The Morgan fingerprint density at radius 2 is 1.68 bits per heavy atom. The van der Waals surface area contributed by atoms with Crippen LogP contribution in [0, 0.1) is 12.7 Å². The number of rotatable bonds is 4. The van der Waals surface area contributed by atoms with E-state index < -0.39 is 16.7 Å². The quantitative estimate of drug-likeness (QED) is 0.740. The fourth-order valence-electron chi connectivity index (χ4n) is 3.00. The summed E-state index contributed by atoms with van der Waals surface area (Å²) in [5.41, 5.74) is 1.53. The van der Waals surface area contributed by atoms with Crippen LogP contribution in [0.5, 0.6) is 0 Å². The Morgan fingerprint density at radius 3 is 2.25 bits per heavy atom. The Morgan fingerprint density at radius 1 is 1.04 bits per heavy atom. The fraction of sp³-hybridized carbons (Fsp3) is 0.278. The van der Waals surface area contributed by atoms with Gasteiger partial charge in [-0.25, -0.2) is 12.8 Å². The number of benzene rings is 1. The minimum Gasteiger partial charge on any atom is -0.335 e. The highest BCUT2D eigenvalue weighted by Crippen LogP contribution is 2.18. The van der Waals surface area contributed by atoms with Crippen molar-refractivity contribution in [3.8, 4) is 0 Å². The van der Waals surface area contributed by atoms with Gasteiger partial charge in [0.2, 0.25) is 10.9 Å². The van der Waals surface area contributed by atoms with Crippen LogP contribution in [-0.4, -0.2) is 61.2 Å². The van der Waals surface area contributed by atoms with E-state index in [-0.39, 0.29) is 17.5 Å². The minimum atomic E-state index is -2.77. The van der Waals surface area contributed by atoms with Crippen molar-refractivity contribution in [2.45, 2.75) is 6.92 Å². The van der Waals surface area contributed by atoms with Crippen molar-refractivity contribution in [2.75, 3.05) is 30.9 Å². The minimum absolute atomic E-state index is 0.0372. The lowest BCUT2D eigenvalue weighted by molar-refractivity contribution is 0.0532. The van der Waals surface area contributed by atoms with Crippen LogP contribution in [0.1, 0.15) is 26.4 Å². The van der Waals surface area contributed by atoms with Gasteiger partial charge in [0.15, 0.2) is 0 Å². The lowest BCUT2D eigenvalue weighted by atomic mass is 10.1. The molecule has 1 aromatic heterocycles. The van der Waals surface area contributed by atoms with Gasteiger partial charge in [-0.1, -0.05) is 0 Å². The van der Waals surface area contributed by atoms with E-state index in [1.54, 1.807) is 30.0 Å². The molecule has 1 saturated heterocycles. The second kappa shape index (κ2) is 8.34. The van der Waals surface area contributed by atoms with Gasteiger partial charge < -0.3 is 9.80 Å². The molecule has 10 heteroatoms. The fourth-order valence-corrected chi connectivity index (χ4v) is 3.45. The first-order chi connectivity index (χ1) is 13.3. The largest absolute Gasteiger partial charge is 0.335 e. The number of thiol groups is 1. The third-order valence-corrected chi connectivity index (χ3v) is 4.90. The van der Waals surface area contributed by atoms with Crippen LogP contribution in [0.25, 0.3) is 0 Å². The van der Waals surface area contributed by atoms with Gasteiger partial charge in [-0.05, 0) is 36.8 Å². The third-order valence-electron chi connectivity index (χ3n) is 4.48. The van der Waals surface area contributed by atoms with Crippen molar-refractivity contribution >= 4 is 28.4 Å². The number of hydrogen-bond donors (Lipinski definition) is 2. The van der Waals surface area contributed by atoms with Crippen molar-refractivity contribution in [3.63, 3.8) is 0 Å². The molecule has 3 rings (SSSR count). The number of nitrogens with zero attached hydrogens (tertiary/aromatic N) is 3. The molecular formula is C18H19FN4O4S.